The molecule has 68 valence electrons. The Morgan fingerprint density at radius 2 is 1.64 bits per heavy atom. The molecule has 0 unspecified atom stereocenters. The van der Waals surface area contributed by atoms with Gasteiger partial charge in [0.1, 0.15) is 0 Å². The molecule has 0 saturated carbocycles. The van der Waals surface area contributed by atoms with Crippen LogP contribution in [0.25, 0.3) is 0 Å². The molecule has 0 radical (unpaired) electrons. The average Bonchev–Trinajstić information content (AvgIpc) is 2.01. The maximum absolute atomic E-state index is 5.39. The van der Waals surface area contributed by atoms with E-state index in [1.807, 2.05) is 13.8 Å². The zero-order valence-electron chi connectivity index (χ0n) is 7.79. The van der Waals surface area contributed by atoms with Gasteiger partial charge >= 0.3 is 0 Å². The summed E-state index contributed by atoms with van der Waals surface area (Å²) in [5.41, 5.74) is 0. The lowest BCUT2D eigenvalue weighted by Gasteiger charge is -2.14. The molecule has 0 aliphatic rings. The van der Waals surface area contributed by atoms with Gasteiger partial charge in [-0.1, -0.05) is 0 Å². The molecule has 0 aromatic carbocycles. The van der Waals surface area contributed by atoms with Gasteiger partial charge in [-0.3, -0.25) is 0 Å². The third-order valence-electron chi connectivity index (χ3n) is 1.42. The fourth-order valence-corrected chi connectivity index (χ4v) is 0.651. The van der Waals surface area contributed by atoms with Gasteiger partial charge in [0.15, 0.2) is 0 Å². The Morgan fingerprint density at radius 1 is 1.00 bits per heavy atom. The first-order chi connectivity index (χ1) is 5.20. The highest BCUT2D eigenvalue weighted by Gasteiger charge is 2.04. The van der Waals surface area contributed by atoms with Crippen molar-refractivity contribution >= 4 is 0 Å². The number of rotatable bonds is 6. The van der Waals surface area contributed by atoms with Crippen LogP contribution >= 0.6 is 0 Å². The van der Waals surface area contributed by atoms with Crippen LogP contribution in [0.3, 0.4) is 0 Å². The van der Waals surface area contributed by atoms with E-state index in [0.717, 1.165) is 0 Å². The largest absolute Gasteiger partial charge is 0.382 e. The Hall–Kier alpha value is -0.120. The lowest BCUT2D eigenvalue weighted by atomic mass is 10.4. The number of hydrogen-bond acceptors (Lipinski definition) is 3. The Morgan fingerprint density at radius 3 is 2.09 bits per heavy atom. The molecule has 3 nitrogen and oxygen atoms in total. The van der Waals surface area contributed by atoms with Crippen LogP contribution in [0.1, 0.15) is 13.8 Å². The Balaban J connectivity index is 3.22. The number of ether oxygens (including phenoxy) is 3. The molecule has 2 atom stereocenters. The first-order valence-electron chi connectivity index (χ1n) is 3.84. The molecule has 3 heteroatoms. The zero-order chi connectivity index (χ0) is 8.69. The van der Waals surface area contributed by atoms with Crippen molar-refractivity contribution in [1.82, 2.24) is 0 Å². The minimum atomic E-state index is 0.151. The van der Waals surface area contributed by atoms with E-state index in [9.17, 15) is 0 Å². The fraction of sp³-hybridized carbons (Fsp3) is 1.00. The van der Waals surface area contributed by atoms with Crippen LogP contribution in [0.4, 0.5) is 0 Å². The lowest BCUT2D eigenvalue weighted by Crippen LogP contribution is -2.21. The summed E-state index contributed by atoms with van der Waals surface area (Å²) in [6, 6.07) is 0. The molecule has 0 aliphatic heterocycles. The Bertz CT molecular complexity index is 85.4. The van der Waals surface area contributed by atoms with Gasteiger partial charge in [0.05, 0.1) is 25.4 Å². The van der Waals surface area contributed by atoms with Crippen molar-refractivity contribution in [3.8, 4) is 0 Å². The topological polar surface area (TPSA) is 27.7 Å². The molecular weight excluding hydrogens is 144 g/mol. The van der Waals surface area contributed by atoms with Gasteiger partial charge in [0.2, 0.25) is 0 Å². The van der Waals surface area contributed by atoms with E-state index in [1.165, 1.54) is 0 Å². The summed E-state index contributed by atoms with van der Waals surface area (Å²) in [7, 11) is 3.34. The van der Waals surface area contributed by atoms with Crippen LogP contribution in [-0.2, 0) is 14.2 Å². The SMILES string of the molecule is COC[C@H](C)OC[C@@H](C)OC. The molecule has 0 rings (SSSR count). The predicted molar refractivity (Wildman–Crippen MR) is 43.8 cm³/mol. The summed E-state index contributed by atoms with van der Waals surface area (Å²) in [5.74, 6) is 0. The number of methoxy groups -OCH3 is 2. The molecule has 0 amide bonds. The van der Waals surface area contributed by atoms with E-state index in [-0.39, 0.29) is 12.2 Å². The molecule has 0 spiro atoms. The first kappa shape index (κ1) is 10.9. The molecule has 0 bridgehead atoms. The predicted octanol–water partition coefficient (Wildman–Crippen LogP) is 1.07. The van der Waals surface area contributed by atoms with Crippen LogP contribution in [0, 0.1) is 0 Å². The average molecular weight is 162 g/mol. The summed E-state index contributed by atoms with van der Waals surface area (Å²) in [6.07, 6.45) is 0.312. The summed E-state index contributed by atoms with van der Waals surface area (Å²) >= 11 is 0. The van der Waals surface area contributed by atoms with Crippen molar-refractivity contribution in [1.29, 1.82) is 0 Å². The van der Waals surface area contributed by atoms with E-state index in [0.29, 0.717) is 13.2 Å². The van der Waals surface area contributed by atoms with Gasteiger partial charge < -0.3 is 14.2 Å². The number of hydrogen-bond donors (Lipinski definition) is 0. The van der Waals surface area contributed by atoms with Gasteiger partial charge in [0, 0.05) is 14.2 Å². The summed E-state index contributed by atoms with van der Waals surface area (Å²) in [4.78, 5) is 0. The summed E-state index contributed by atoms with van der Waals surface area (Å²) in [5, 5.41) is 0. The van der Waals surface area contributed by atoms with Crippen molar-refractivity contribution in [3.63, 3.8) is 0 Å². The van der Waals surface area contributed by atoms with Gasteiger partial charge in [0.25, 0.3) is 0 Å². The van der Waals surface area contributed by atoms with Crippen molar-refractivity contribution in [2.24, 2.45) is 0 Å². The van der Waals surface area contributed by atoms with Crippen molar-refractivity contribution in [2.45, 2.75) is 26.1 Å². The van der Waals surface area contributed by atoms with E-state index < -0.39 is 0 Å². The Labute approximate surface area is 68.6 Å². The molecule has 0 aromatic heterocycles. The third kappa shape index (κ3) is 6.28. The van der Waals surface area contributed by atoms with Gasteiger partial charge in [-0.05, 0) is 13.8 Å². The van der Waals surface area contributed by atoms with E-state index >= 15 is 0 Å². The standard InChI is InChI=1S/C8H18O3/c1-7(10-4)6-11-8(2)5-9-3/h7-8H,5-6H2,1-4H3/t7-,8+/m1/s1. The molecular formula is C8H18O3. The molecule has 0 N–H and O–H groups in total. The van der Waals surface area contributed by atoms with Gasteiger partial charge in [-0.2, -0.15) is 0 Å². The van der Waals surface area contributed by atoms with Crippen LogP contribution in [0.5, 0.6) is 0 Å². The van der Waals surface area contributed by atoms with Crippen molar-refractivity contribution in [2.75, 3.05) is 27.4 Å². The quantitative estimate of drug-likeness (QED) is 0.584. The Kier molecular flexibility index (Phi) is 6.51. The minimum absolute atomic E-state index is 0.151. The molecule has 0 aliphatic carbocycles. The van der Waals surface area contributed by atoms with Gasteiger partial charge in [-0.25, -0.2) is 0 Å². The monoisotopic (exact) mass is 162 g/mol. The second-order valence-corrected chi connectivity index (χ2v) is 2.65. The third-order valence-corrected chi connectivity index (χ3v) is 1.42. The lowest BCUT2D eigenvalue weighted by molar-refractivity contribution is -0.0386. The maximum atomic E-state index is 5.39. The second-order valence-electron chi connectivity index (χ2n) is 2.65. The highest BCUT2D eigenvalue weighted by molar-refractivity contribution is 4.50. The van der Waals surface area contributed by atoms with Crippen molar-refractivity contribution in [3.05, 3.63) is 0 Å². The normalized spacial score (nSPS) is 16.4. The van der Waals surface area contributed by atoms with E-state index in [2.05, 4.69) is 0 Å². The van der Waals surface area contributed by atoms with Crippen LogP contribution in [0.15, 0.2) is 0 Å². The molecule has 11 heavy (non-hydrogen) atoms. The summed E-state index contributed by atoms with van der Waals surface area (Å²) in [6.45, 7) is 5.21. The van der Waals surface area contributed by atoms with E-state index in [1.54, 1.807) is 14.2 Å². The maximum Gasteiger partial charge on any atom is 0.0781 e. The first-order valence-corrected chi connectivity index (χ1v) is 3.84. The van der Waals surface area contributed by atoms with Crippen LogP contribution in [-0.4, -0.2) is 39.6 Å². The molecule has 0 saturated heterocycles. The van der Waals surface area contributed by atoms with Crippen LogP contribution in [0.2, 0.25) is 0 Å². The highest BCUT2D eigenvalue weighted by Crippen LogP contribution is 1.95. The second kappa shape index (κ2) is 6.58. The van der Waals surface area contributed by atoms with Gasteiger partial charge in [-0.15, -0.1) is 0 Å². The highest BCUT2D eigenvalue weighted by atomic mass is 16.5. The molecule has 0 aromatic rings. The smallest absolute Gasteiger partial charge is 0.0781 e. The zero-order valence-corrected chi connectivity index (χ0v) is 7.79. The fourth-order valence-electron chi connectivity index (χ4n) is 0.651. The van der Waals surface area contributed by atoms with Crippen LogP contribution < -0.4 is 0 Å². The van der Waals surface area contributed by atoms with Crippen molar-refractivity contribution < 1.29 is 14.2 Å². The summed E-state index contributed by atoms with van der Waals surface area (Å²) < 4.78 is 15.3. The molecule has 0 fully saturated rings. The molecule has 0 heterocycles. The minimum Gasteiger partial charge on any atom is -0.382 e. The van der Waals surface area contributed by atoms with E-state index in [4.69, 9.17) is 14.2 Å².